The van der Waals surface area contributed by atoms with Gasteiger partial charge in [0.25, 0.3) is 0 Å². The molecule has 0 fully saturated rings. The molecule has 3 heteroatoms. The van der Waals surface area contributed by atoms with Gasteiger partial charge < -0.3 is 5.32 Å². The van der Waals surface area contributed by atoms with E-state index >= 15 is 0 Å². The Morgan fingerprint density at radius 3 is 2.26 bits per heavy atom. The number of para-hydroxylation sites is 1. The van der Waals surface area contributed by atoms with Gasteiger partial charge in [-0.15, -0.1) is 0 Å². The highest BCUT2D eigenvalue weighted by Crippen LogP contribution is 2.23. The van der Waals surface area contributed by atoms with E-state index in [1.54, 1.807) is 0 Å². The van der Waals surface area contributed by atoms with E-state index in [9.17, 15) is 9.59 Å². The van der Waals surface area contributed by atoms with Crippen LogP contribution in [0.15, 0.2) is 48.5 Å². The lowest BCUT2D eigenvalue weighted by atomic mass is 10.0. The smallest absolute Gasteiger partial charge is 0.224 e. The second kappa shape index (κ2) is 7.73. The zero-order valence-corrected chi connectivity index (χ0v) is 13.9. The number of benzene rings is 2. The Labute approximate surface area is 137 Å². The van der Waals surface area contributed by atoms with Crippen molar-refractivity contribution in [2.45, 2.75) is 39.5 Å². The summed E-state index contributed by atoms with van der Waals surface area (Å²) in [5, 5.41) is 2.92. The monoisotopic (exact) mass is 309 g/mol. The molecular weight excluding hydrogens is 286 g/mol. The van der Waals surface area contributed by atoms with Gasteiger partial charge in [0.05, 0.1) is 0 Å². The number of aryl methyl sites for hydroxylation is 1. The van der Waals surface area contributed by atoms with Crippen LogP contribution in [0.5, 0.6) is 0 Å². The number of hydrogen-bond acceptors (Lipinski definition) is 2. The average molecular weight is 309 g/mol. The molecule has 0 aromatic heterocycles. The van der Waals surface area contributed by atoms with Crippen LogP contribution < -0.4 is 5.32 Å². The normalized spacial score (nSPS) is 10.6. The van der Waals surface area contributed by atoms with Crippen LogP contribution in [0.3, 0.4) is 0 Å². The number of ketones is 1. The van der Waals surface area contributed by atoms with Gasteiger partial charge in [0.2, 0.25) is 5.91 Å². The summed E-state index contributed by atoms with van der Waals surface area (Å²) >= 11 is 0. The summed E-state index contributed by atoms with van der Waals surface area (Å²) in [7, 11) is 0. The van der Waals surface area contributed by atoms with Gasteiger partial charge in [0.1, 0.15) is 0 Å². The summed E-state index contributed by atoms with van der Waals surface area (Å²) in [6.45, 7) is 6.16. The first-order valence-corrected chi connectivity index (χ1v) is 7.96. The molecule has 2 rings (SSSR count). The van der Waals surface area contributed by atoms with Crippen molar-refractivity contribution in [1.29, 1.82) is 0 Å². The van der Waals surface area contributed by atoms with Gasteiger partial charge >= 0.3 is 0 Å². The van der Waals surface area contributed by atoms with E-state index in [2.05, 4.69) is 19.2 Å². The zero-order valence-electron chi connectivity index (χ0n) is 13.9. The minimum absolute atomic E-state index is 0.00250. The molecule has 0 spiro atoms. The quantitative estimate of drug-likeness (QED) is 0.785. The number of rotatable bonds is 6. The maximum atomic E-state index is 12.1. The van der Waals surface area contributed by atoms with Crippen molar-refractivity contribution in [2.75, 3.05) is 5.32 Å². The second-order valence-corrected chi connectivity index (χ2v) is 6.08. The van der Waals surface area contributed by atoms with E-state index in [0.29, 0.717) is 11.5 Å². The van der Waals surface area contributed by atoms with Crippen molar-refractivity contribution < 1.29 is 9.59 Å². The van der Waals surface area contributed by atoms with Crippen LogP contribution in [0.2, 0.25) is 0 Å². The Balaban J connectivity index is 1.93. The summed E-state index contributed by atoms with van der Waals surface area (Å²) in [6.07, 6.45) is 0.415. The molecule has 0 aliphatic rings. The molecule has 0 saturated carbocycles. The molecule has 1 N–H and O–H groups in total. The number of carbonyl (C=O) groups is 2. The highest BCUT2D eigenvalue weighted by atomic mass is 16.2. The number of Topliss-reactive ketones (excluding diaryl/α,β-unsaturated/α-hetero) is 1. The number of anilines is 1. The van der Waals surface area contributed by atoms with Gasteiger partial charge in [-0.25, -0.2) is 0 Å². The van der Waals surface area contributed by atoms with Gasteiger partial charge in [-0.2, -0.15) is 0 Å². The van der Waals surface area contributed by atoms with Crippen molar-refractivity contribution in [3.05, 3.63) is 65.2 Å². The standard InChI is InChI=1S/C20H23NO2/c1-14(2)17-6-4-5-7-18(17)21-20(23)13-12-19(22)16-10-8-15(3)9-11-16/h4-11,14H,12-13H2,1-3H3,(H,21,23). The summed E-state index contributed by atoms with van der Waals surface area (Å²) < 4.78 is 0. The molecule has 0 aliphatic carbocycles. The number of nitrogens with one attached hydrogen (secondary N) is 1. The Kier molecular flexibility index (Phi) is 5.69. The molecule has 0 atom stereocenters. The van der Waals surface area contributed by atoms with Crippen LogP contribution in [0.1, 0.15) is 54.1 Å². The van der Waals surface area contributed by atoms with Crippen molar-refractivity contribution in [1.82, 2.24) is 0 Å². The molecule has 0 saturated heterocycles. The molecular formula is C20H23NO2. The predicted octanol–water partition coefficient (Wildman–Crippen LogP) is 4.72. The Morgan fingerprint density at radius 2 is 1.61 bits per heavy atom. The molecule has 2 aromatic carbocycles. The molecule has 2 aromatic rings. The molecule has 120 valence electrons. The molecule has 0 unspecified atom stereocenters. The fourth-order valence-electron chi connectivity index (χ4n) is 2.44. The second-order valence-electron chi connectivity index (χ2n) is 6.08. The Morgan fingerprint density at radius 1 is 0.957 bits per heavy atom. The van der Waals surface area contributed by atoms with E-state index in [1.807, 2.05) is 55.5 Å². The summed E-state index contributed by atoms with van der Waals surface area (Å²) in [5.74, 6) is 0.205. The third-order valence-electron chi connectivity index (χ3n) is 3.81. The van der Waals surface area contributed by atoms with Crippen molar-refractivity contribution in [3.63, 3.8) is 0 Å². The van der Waals surface area contributed by atoms with Crippen molar-refractivity contribution >= 4 is 17.4 Å². The fourth-order valence-corrected chi connectivity index (χ4v) is 2.44. The fraction of sp³-hybridized carbons (Fsp3) is 0.300. The lowest BCUT2D eigenvalue weighted by Crippen LogP contribution is -2.15. The molecule has 0 aliphatic heterocycles. The topological polar surface area (TPSA) is 46.2 Å². The average Bonchev–Trinajstić information content (AvgIpc) is 2.53. The van der Waals surface area contributed by atoms with E-state index in [4.69, 9.17) is 0 Å². The van der Waals surface area contributed by atoms with Crippen LogP contribution in [0.4, 0.5) is 5.69 Å². The van der Waals surface area contributed by atoms with E-state index in [0.717, 1.165) is 16.8 Å². The molecule has 1 amide bonds. The molecule has 3 nitrogen and oxygen atoms in total. The molecule has 23 heavy (non-hydrogen) atoms. The minimum Gasteiger partial charge on any atom is -0.326 e. The molecule has 0 bridgehead atoms. The number of hydrogen-bond donors (Lipinski definition) is 1. The highest BCUT2D eigenvalue weighted by molar-refractivity contribution is 6.00. The van der Waals surface area contributed by atoms with Gasteiger partial charge in [-0.05, 0) is 24.5 Å². The van der Waals surface area contributed by atoms with Crippen LogP contribution in [-0.4, -0.2) is 11.7 Å². The minimum atomic E-state index is -0.126. The van der Waals surface area contributed by atoms with Gasteiger partial charge in [0.15, 0.2) is 5.78 Å². The molecule has 0 radical (unpaired) electrons. The van der Waals surface area contributed by atoms with E-state index < -0.39 is 0 Å². The third-order valence-corrected chi connectivity index (χ3v) is 3.81. The van der Waals surface area contributed by atoms with Crippen LogP contribution >= 0.6 is 0 Å². The Bertz CT molecular complexity index is 687. The maximum Gasteiger partial charge on any atom is 0.224 e. The Hall–Kier alpha value is -2.42. The van der Waals surface area contributed by atoms with Crippen molar-refractivity contribution in [2.24, 2.45) is 0 Å². The SMILES string of the molecule is Cc1ccc(C(=O)CCC(=O)Nc2ccccc2C(C)C)cc1. The van der Waals surface area contributed by atoms with Gasteiger partial charge in [-0.3, -0.25) is 9.59 Å². The van der Waals surface area contributed by atoms with Crippen LogP contribution in [0.25, 0.3) is 0 Å². The van der Waals surface area contributed by atoms with Gasteiger partial charge in [0, 0.05) is 24.1 Å². The van der Waals surface area contributed by atoms with Crippen molar-refractivity contribution in [3.8, 4) is 0 Å². The highest BCUT2D eigenvalue weighted by Gasteiger charge is 2.12. The lowest BCUT2D eigenvalue weighted by molar-refractivity contribution is -0.116. The summed E-state index contributed by atoms with van der Waals surface area (Å²) in [4.78, 5) is 24.2. The van der Waals surface area contributed by atoms with Crippen LogP contribution in [-0.2, 0) is 4.79 Å². The summed E-state index contributed by atoms with van der Waals surface area (Å²) in [6, 6.07) is 15.2. The first-order valence-electron chi connectivity index (χ1n) is 7.96. The van der Waals surface area contributed by atoms with Crippen LogP contribution in [0, 0.1) is 6.92 Å². The molecule has 0 heterocycles. The van der Waals surface area contributed by atoms with E-state index in [1.165, 1.54) is 0 Å². The first-order chi connectivity index (χ1) is 11.0. The maximum absolute atomic E-state index is 12.1. The number of amides is 1. The largest absolute Gasteiger partial charge is 0.326 e. The lowest BCUT2D eigenvalue weighted by Gasteiger charge is -2.13. The first kappa shape index (κ1) is 16.9. The third kappa shape index (κ3) is 4.78. The van der Waals surface area contributed by atoms with E-state index in [-0.39, 0.29) is 24.5 Å². The zero-order chi connectivity index (χ0) is 16.8. The number of carbonyl (C=O) groups excluding carboxylic acids is 2. The van der Waals surface area contributed by atoms with Gasteiger partial charge in [-0.1, -0.05) is 61.9 Å². The predicted molar refractivity (Wildman–Crippen MR) is 93.9 cm³/mol. The summed E-state index contributed by atoms with van der Waals surface area (Å²) in [5.41, 5.74) is 3.71.